The third kappa shape index (κ3) is 4.38. The van der Waals surface area contributed by atoms with E-state index in [2.05, 4.69) is 10.6 Å². The number of para-hydroxylation sites is 1. The first kappa shape index (κ1) is 19.4. The van der Waals surface area contributed by atoms with E-state index >= 15 is 0 Å². The summed E-state index contributed by atoms with van der Waals surface area (Å²) < 4.78 is 24.0. The molecule has 1 aromatic carbocycles. The molecule has 0 saturated heterocycles. The lowest BCUT2D eigenvalue weighted by molar-refractivity contribution is -0.128. The highest BCUT2D eigenvalue weighted by molar-refractivity contribution is 6.00. The molecule has 7 nitrogen and oxygen atoms in total. The van der Waals surface area contributed by atoms with Gasteiger partial charge in [0, 0.05) is 16.5 Å². The molecule has 0 aliphatic carbocycles. The number of carbonyl (C=O) groups excluding carboxylic acids is 3. The lowest BCUT2D eigenvalue weighted by Gasteiger charge is -2.21. The van der Waals surface area contributed by atoms with Gasteiger partial charge in [-0.2, -0.15) is 0 Å². The van der Waals surface area contributed by atoms with Crippen molar-refractivity contribution >= 4 is 28.9 Å². The number of hydrogen-bond acceptors (Lipinski definition) is 5. The van der Waals surface area contributed by atoms with Crippen LogP contribution in [-0.2, 0) is 9.53 Å². The maximum atomic E-state index is 13.8. The molecule has 2 aromatic rings. The van der Waals surface area contributed by atoms with Gasteiger partial charge in [-0.25, -0.2) is 14.0 Å². The van der Waals surface area contributed by atoms with E-state index in [-0.39, 0.29) is 11.3 Å². The van der Waals surface area contributed by atoms with Crippen molar-refractivity contribution in [3.05, 3.63) is 35.3 Å². The van der Waals surface area contributed by atoms with Crippen molar-refractivity contribution < 1.29 is 27.9 Å². The van der Waals surface area contributed by atoms with Crippen LogP contribution in [0.2, 0.25) is 0 Å². The summed E-state index contributed by atoms with van der Waals surface area (Å²) in [6.07, 6.45) is -1.24. The van der Waals surface area contributed by atoms with Gasteiger partial charge in [-0.1, -0.05) is 12.1 Å². The molecule has 0 saturated carbocycles. The Morgan fingerprint density at radius 2 is 1.88 bits per heavy atom. The van der Waals surface area contributed by atoms with Crippen LogP contribution in [-0.4, -0.2) is 29.6 Å². The van der Waals surface area contributed by atoms with Crippen molar-refractivity contribution in [1.29, 1.82) is 0 Å². The Labute approximate surface area is 149 Å². The molecule has 0 spiro atoms. The van der Waals surface area contributed by atoms with Gasteiger partial charge in [-0.15, -0.1) is 0 Å². The summed E-state index contributed by atoms with van der Waals surface area (Å²) in [4.78, 5) is 35.9. The number of halogens is 1. The smallest absolute Gasteiger partial charge is 0.375 e. The van der Waals surface area contributed by atoms with Gasteiger partial charge in [-0.05, 0) is 40.7 Å². The summed E-state index contributed by atoms with van der Waals surface area (Å²) in [5, 5.41) is 5.08. The number of aryl methyl sites for hydroxylation is 1. The largest absolute Gasteiger partial charge is 0.447 e. The predicted molar refractivity (Wildman–Crippen MR) is 92.2 cm³/mol. The van der Waals surface area contributed by atoms with E-state index in [0.717, 1.165) is 0 Å². The molecule has 0 radical (unpaired) electrons. The fourth-order valence-electron chi connectivity index (χ4n) is 2.26. The van der Waals surface area contributed by atoms with Crippen LogP contribution in [0.25, 0.3) is 11.0 Å². The van der Waals surface area contributed by atoms with Crippen LogP contribution in [0.5, 0.6) is 0 Å². The average molecular weight is 364 g/mol. The highest BCUT2D eigenvalue weighted by atomic mass is 19.1. The van der Waals surface area contributed by atoms with Crippen LogP contribution in [0.15, 0.2) is 22.6 Å². The number of benzene rings is 1. The molecule has 2 N–H and O–H groups in total. The Bertz CT molecular complexity index is 866. The lowest BCUT2D eigenvalue weighted by Crippen LogP contribution is -2.50. The first-order valence-corrected chi connectivity index (χ1v) is 8.01. The van der Waals surface area contributed by atoms with Crippen molar-refractivity contribution in [3.8, 4) is 0 Å². The van der Waals surface area contributed by atoms with E-state index in [0.29, 0.717) is 10.9 Å². The number of esters is 1. The van der Waals surface area contributed by atoms with Gasteiger partial charge in [0.25, 0.3) is 5.91 Å². The number of imide groups is 1. The molecule has 0 unspecified atom stereocenters. The summed E-state index contributed by atoms with van der Waals surface area (Å²) in [6, 6.07) is 3.62. The predicted octanol–water partition coefficient (Wildman–Crippen LogP) is 3.05. The van der Waals surface area contributed by atoms with E-state index in [1.54, 1.807) is 33.8 Å². The Morgan fingerprint density at radius 1 is 1.23 bits per heavy atom. The highest BCUT2D eigenvalue weighted by Gasteiger charge is 2.26. The number of urea groups is 1. The first-order valence-electron chi connectivity index (χ1n) is 8.01. The number of carbonyl (C=O) groups is 3. The number of fused-ring (bicyclic) bond motifs is 1. The van der Waals surface area contributed by atoms with Crippen LogP contribution in [0.4, 0.5) is 9.18 Å². The van der Waals surface area contributed by atoms with Gasteiger partial charge < -0.3 is 14.5 Å². The standard InChI is InChI=1S/C18H21FN2O5/c1-9-11-7-6-8-12(19)14(11)26-13(9)16(23)25-10(2)15(22)20-17(24)21-18(3,4)5/h6-8,10H,1-5H3,(H2,20,21,22,24)/t10-/m1/s1. The van der Waals surface area contributed by atoms with E-state index in [4.69, 9.17) is 9.15 Å². The Balaban J connectivity index is 2.07. The fourth-order valence-corrected chi connectivity index (χ4v) is 2.26. The quantitative estimate of drug-likeness (QED) is 0.816. The van der Waals surface area contributed by atoms with Gasteiger partial charge >= 0.3 is 12.0 Å². The normalized spacial score (nSPS) is 12.5. The maximum absolute atomic E-state index is 13.8. The van der Waals surface area contributed by atoms with Crippen molar-refractivity contribution in [2.45, 2.75) is 46.3 Å². The van der Waals surface area contributed by atoms with Gasteiger partial charge in [0.2, 0.25) is 5.76 Å². The van der Waals surface area contributed by atoms with Gasteiger partial charge in [0.05, 0.1) is 0 Å². The highest BCUT2D eigenvalue weighted by Crippen LogP contribution is 2.27. The third-order valence-electron chi connectivity index (χ3n) is 3.48. The van der Waals surface area contributed by atoms with Crippen LogP contribution in [0.1, 0.15) is 43.8 Å². The Hall–Kier alpha value is -2.90. The maximum Gasteiger partial charge on any atom is 0.375 e. The molecule has 140 valence electrons. The second-order valence-electron chi connectivity index (χ2n) is 6.91. The molecule has 1 aromatic heterocycles. The molecule has 1 atom stereocenters. The molecular weight excluding hydrogens is 343 g/mol. The zero-order valence-electron chi connectivity index (χ0n) is 15.2. The third-order valence-corrected chi connectivity index (χ3v) is 3.48. The van der Waals surface area contributed by atoms with Gasteiger partial charge in [-0.3, -0.25) is 10.1 Å². The SMILES string of the molecule is Cc1c(C(=O)O[C@H](C)C(=O)NC(=O)NC(C)(C)C)oc2c(F)cccc12. The zero-order valence-corrected chi connectivity index (χ0v) is 15.2. The molecule has 8 heteroatoms. The van der Waals surface area contributed by atoms with Crippen LogP contribution in [0, 0.1) is 12.7 Å². The summed E-state index contributed by atoms with van der Waals surface area (Å²) in [6.45, 7) is 8.16. The molecule has 2 rings (SSSR count). The molecule has 3 amide bonds. The number of ether oxygens (including phenoxy) is 1. The average Bonchev–Trinajstić information content (AvgIpc) is 2.84. The van der Waals surface area contributed by atoms with Crippen molar-refractivity contribution in [1.82, 2.24) is 10.6 Å². The second-order valence-corrected chi connectivity index (χ2v) is 6.91. The fraction of sp³-hybridized carbons (Fsp3) is 0.389. The van der Waals surface area contributed by atoms with E-state index in [1.165, 1.54) is 19.1 Å². The summed E-state index contributed by atoms with van der Waals surface area (Å²) in [5.41, 5.74) is -0.180. The van der Waals surface area contributed by atoms with Crippen LogP contribution in [0.3, 0.4) is 0 Å². The Kier molecular flexibility index (Phi) is 5.34. The minimum absolute atomic E-state index is 0.0568. The molecule has 0 bridgehead atoms. The molecule has 0 aliphatic heterocycles. The second kappa shape index (κ2) is 7.15. The zero-order chi connectivity index (χ0) is 19.6. The minimum Gasteiger partial charge on any atom is -0.447 e. The monoisotopic (exact) mass is 364 g/mol. The molecule has 0 fully saturated rings. The summed E-state index contributed by atoms with van der Waals surface area (Å²) in [7, 11) is 0. The topological polar surface area (TPSA) is 97.6 Å². The van der Waals surface area contributed by atoms with E-state index in [9.17, 15) is 18.8 Å². The van der Waals surface area contributed by atoms with E-state index < -0.39 is 35.4 Å². The number of nitrogens with one attached hydrogen (secondary N) is 2. The van der Waals surface area contributed by atoms with E-state index in [1.807, 2.05) is 0 Å². The van der Waals surface area contributed by atoms with Crippen molar-refractivity contribution in [2.24, 2.45) is 0 Å². The molecular formula is C18H21FN2O5. The number of hydrogen-bond donors (Lipinski definition) is 2. The molecule has 1 heterocycles. The summed E-state index contributed by atoms with van der Waals surface area (Å²) >= 11 is 0. The number of furan rings is 1. The van der Waals surface area contributed by atoms with Crippen molar-refractivity contribution in [2.75, 3.05) is 0 Å². The van der Waals surface area contributed by atoms with Crippen LogP contribution < -0.4 is 10.6 Å². The molecule has 0 aliphatic rings. The van der Waals surface area contributed by atoms with Gasteiger partial charge in [0.15, 0.2) is 17.5 Å². The van der Waals surface area contributed by atoms with Gasteiger partial charge in [0.1, 0.15) is 0 Å². The minimum atomic E-state index is -1.24. The van der Waals surface area contributed by atoms with Crippen LogP contribution >= 0.6 is 0 Å². The number of amides is 3. The van der Waals surface area contributed by atoms with Crippen molar-refractivity contribution in [3.63, 3.8) is 0 Å². The Morgan fingerprint density at radius 3 is 2.46 bits per heavy atom. The number of rotatable bonds is 3. The summed E-state index contributed by atoms with van der Waals surface area (Å²) in [5.74, 6) is -2.50. The first-order chi connectivity index (χ1) is 12.0. The molecule has 26 heavy (non-hydrogen) atoms. The lowest BCUT2D eigenvalue weighted by atomic mass is 10.1.